The first-order valence-electron chi connectivity index (χ1n) is 10.1. The number of amides is 1. The lowest BCUT2D eigenvalue weighted by atomic mass is 9.99. The first kappa shape index (κ1) is 20.3. The van der Waals surface area contributed by atoms with Crippen molar-refractivity contribution < 1.29 is 14.6 Å². The summed E-state index contributed by atoms with van der Waals surface area (Å²) in [5.41, 5.74) is 3.40. The van der Waals surface area contributed by atoms with Crippen LogP contribution in [0.2, 0.25) is 0 Å². The van der Waals surface area contributed by atoms with E-state index in [0.717, 1.165) is 16.8 Å². The number of nitrogens with one attached hydrogen (secondary N) is 1. The number of hydrazone groups is 1. The van der Waals surface area contributed by atoms with Crippen LogP contribution < -0.4 is 15.3 Å². The van der Waals surface area contributed by atoms with Gasteiger partial charge in [-0.05, 0) is 41.5 Å². The minimum atomic E-state index is -0.785. The highest BCUT2D eigenvalue weighted by molar-refractivity contribution is 5.97. The molecule has 156 valence electrons. The highest BCUT2D eigenvalue weighted by Gasteiger charge is 2.41. The van der Waals surface area contributed by atoms with E-state index in [0.29, 0.717) is 5.56 Å². The van der Waals surface area contributed by atoms with Crippen LogP contribution in [-0.2, 0) is 0 Å². The number of anilines is 1. The normalized spacial score (nSPS) is 19.2. The van der Waals surface area contributed by atoms with E-state index in [1.165, 1.54) is 0 Å². The lowest BCUT2D eigenvalue weighted by Crippen LogP contribution is -2.47. The van der Waals surface area contributed by atoms with E-state index in [9.17, 15) is 9.90 Å². The van der Waals surface area contributed by atoms with Crippen LogP contribution in [0.4, 0.5) is 5.69 Å². The van der Waals surface area contributed by atoms with Gasteiger partial charge in [-0.25, -0.2) is 0 Å². The number of carbonyl (C=O) groups is 1. The summed E-state index contributed by atoms with van der Waals surface area (Å²) in [6.07, 6.45) is 1.84. The summed E-state index contributed by atoms with van der Waals surface area (Å²) in [7, 11) is 3.97. The molecular weight excluding hydrogens is 388 g/mol. The summed E-state index contributed by atoms with van der Waals surface area (Å²) in [6, 6.07) is 25.3. The van der Waals surface area contributed by atoms with Gasteiger partial charge in [0, 0.05) is 36.5 Å². The first-order chi connectivity index (χ1) is 15.0. The summed E-state index contributed by atoms with van der Waals surface area (Å²) in [4.78, 5) is 14.8. The van der Waals surface area contributed by atoms with Gasteiger partial charge in [0.05, 0.1) is 5.90 Å². The first-order valence-corrected chi connectivity index (χ1v) is 10.1. The average Bonchev–Trinajstić information content (AvgIpc) is 3.09. The highest BCUT2D eigenvalue weighted by Crippen LogP contribution is 2.27. The van der Waals surface area contributed by atoms with E-state index in [4.69, 9.17) is 0 Å². The Hall–Kier alpha value is -3.93. The van der Waals surface area contributed by atoms with Gasteiger partial charge in [0.2, 0.25) is 12.3 Å². The quantitative estimate of drug-likeness (QED) is 0.655. The van der Waals surface area contributed by atoms with Crippen molar-refractivity contribution in [3.05, 3.63) is 102 Å². The van der Waals surface area contributed by atoms with Gasteiger partial charge < -0.3 is 15.3 Å². The molecule has 4 rings (SSSR count). The van der Waals surface area contributed by atoms with Gasteiger partial charge in [0.1, 0.15) is 6.04 Å². The third kappa shape index (κ3) is 4.48. The van der Waals surface area contributed by atoms with Crippen molar-refractivity contribution in [3.63, 3.8) is 0 Å². The molecule has 0 aliphatic carbocycles. The number of rotatable bonds is 5. The number of carbonyl (C=O) groups excluding carboxylic acids is 1. The van der Waals surface area contributed by atoms with E-state index in [2.05, 4.69) is 10.4 Å². The molecule has 6 heteroatoms. The Balaban J connectivity index is 1.68. The maximum absolute atomic E-state index is 12.8. The molecule has 3 aromatic rings. The molecule has 3 aromatic carbocycles. The predicted molar refractivity (Wildman–Crippen MR) is 121 cm³/mol. The molecule has 2 atom stereocenters. The molecule has 31 heavy (non-hydrogen) atoms. The van der Waals surface area contributed by atoms with E-state index in [1.54, 1.807) is 28.9 Å². The van der Waals surface area contributed by atoms with E-state index < -0.39 is 12.1 Å². The fraction of sp³-hybridized carbons (Fsp3) is 0.160. The molecule has 0 saturated heterocycles. The van der Waals surface area contributed by atoms with Crippen LogP contribution in [0, 0.1) is 0 Å². The van der Waals surface area contributed by atoms with Crippen LogP contribution in [0.5, 0.6) is 0 Å². The Labute approximate surface area is 181 Å². The molecular formula is C25H24N4O2. The maximum Gasteiger partial charge on any atom is 0.252 e. The molecule has 1 aliphatic heterocycles. The minimum absolute atomic E-state index is 0.299. The minimum Gasteiger partial charge on any atom is -0.856 e. The van der Waals surface area contributed by atoms with Crippen molar-refractivity contribution in [2.45, 2.75) is 12.1 Å². The molecule has 0 unspecified atom stereocenters. The molecule has 1 heterocycles. The number of hydrogen-bond donors (Lipinski definition) is 1. The van der Waals surface area contributed by atoms with Crippen molar-refractivity contribution in [1.82, 2.24) is 5.32 Å². The van der Waals surface area contributed by atoms with Gasteiger partial charge in [0.25, 0.3) is 5.91 Å². The van der Waals surface area contributed by atoms with Crippen LogP contribution in [0.3, 0.4) is 0 Å². The third-order valence-corrected chi connectivity index (χ3v) is 5.24. The molecule has 0 fully saturated rings. The van der Waals surface area contributed by atoms with E-state index in [1.807, 2.05) is 85.9 Å². The number of benzene rings is 3. The molecule has 1 aliphatic rings. The van der Waals surface area contributed by atoms with Gasteiger partial charge in [-0.15, -0.1) is 0 Å². The Morgan fingerprint density at radius 2 is 1.58 bits per heavy atom. The number of nitrogens with zero attached hydrogens (tertiary/aromatic N) is 3. The molecule has 0 aromatic heterocycles. The molecule has 6 nitrogen and oxygen atoms in total. The smallest absolute Gasteiger partial charge is 0.252 e. The topological polar surface area (TPSA) is 70.8 Å². The Morgan fingerprint density at radius 1 is 0.968 bits per heavy atom. The summed E-state index contributed by atoms with van der Waals surface area (Å²) in [6.45, 7) is 0. The van der Waals surface area contributed by atoms with Gasteiger partial charge in [-0.3, -0.25) is 4.79 Å². The second-order valence-electron chi connectivity index (χ2n) is 7.61. The van der Waals surface area contributed by atoms with E-state index in [-0.39, 0.29) is 11.8 Å². The molecule has 0 spiro atoms. The molecule has 0 saturated carbocycles. The van der Waals surface area contributed by atoms with Crippen molar-refractivity contribution in [3.8, 4) is 0 Å². The molecule has 1 amide bonds. The van der Waals surface area contributed by atoms with Crippen molar-refractivity contribution >= 4 is 23.7 Å². The Bertz CT molecular complexity index is 1110. The SMILES string of the molecule is CN(C)c1ccc(/C=[N+]2\N=C([O-])[C@H](NC(=O)c3ccccc3)[C@H]2c2ccccc2)cc1. The average molecular weight is 412 g/mol. The lowest BCUT2D eigenvalue weighted by molar-refractivity contribution is -0.565. The summed E-state index contributed by atoms with van der Waals surface area (Å²) < 4.78 is 1.65. The monoisotopic (exact) mass is 412 g/mol. The Kier molecular flexibility index (Phi) is 5.80. The van der Waals surface area contributed by atoms with E-state index >= 15 is 0 Å². The van der Waals surface area contributed by atoms with Gasteiger partial charge in [-0.2, -0.15) is 0 Å². The zero-order valence-corrected chi connectivity index (χ0v) is 17.5. The largest absolute Gasteiger partial charge is 0.856 e. The fourth-order valence-corrected chi connectivity index (χ4v) is 3.60. The Morgan fingerprint density at radius 3 is 2.19 bits per heavy atom. The lowest BCUT2D eigenvalue weighted by Gasteiger charge is -2.20. The van der Waals surface area contributed by atoms with Crippen LogP contribution in [-0.4, -0.2) is 42.8 Å². The van der Waals surface area contributed by atoms with Crippen molar-refractivity contribution in [2.24, 2.45) is 5.10 Å². The molecule has 0 radical (unpaired) electrons. The zero-order valence-electron chi connectivity index (χ0n) is 17.5. The second kappa shape index (κ2) is 8.83. The summed E-state index contributed by atoms with van der Waals surface area (Å²) in [5.74, 6) is -0.674. The van der Waals surface area contributed by atoms with Crippen LogP contribution >= 0.6 is 0 Å². The van der Waals surface area contributed by atoms with Gasteiger partial charge in [-0.1, -0.05) is 53.2 Å². The van der Waals surface area contributed by atoms with Crippen LogP contribution in [0.1, 0.15) is 27.5 Å². The van der Waals surface area contributed by atoms with Gasteiger partial charge >= 0.3 is 0 Å². The summed E-state index contributed by atoms with van der Waals surface area (Å²) in [5, 5.41) is 19.9. The predicted octanol–water partition coefficient (Wildman–Crippen LogP) is 2.41. The van der Waals surface area contributed by atoms with Crippen LogP contribution in [0.15, 0.2) is 90.0 Å². The van der Waals surface area contributed by atoms with Gasteiger partial charge in [0.15, 0.2) is 0 Å². The van der Waals surface area contributed by atoms with Crippen molar-refractivity contribution in [1.29, 1.82) is 0 Å². The third-order valence-electron chi connectivity index (χ3n) is 5.24. The second-order valence-corrected chi connectivity index (χ2v) is 7.61. The number of hydrogen-bond acceptors (Lipinski definition) is 4. The standard InChI is InChI=1S/C25H24N4O2/c1-28(2)21-15-13-18(14-16-21)17-29-23(19-9-5-3-6-10-19)22(25(31)27-29)26-24(30)20-11-7-4-8-12-20/h3-17,22-23H,1-2H3,(H-,26,27,30,31)/t22-,23-/m1/s1. The highest BCUT2D eigenvalue weighted by atomic mass is 16.3. The molecule has 1 N–H and O–H groups in total. The fourth-order valence-electron chi connectivity index (χ4n) is 3.60. The maximum atomic E-state index is 12.8. The zero-order chi connectivity index (χ0) is 21.8. The van der Waals surface area contributed by atoms with Crippen molar-refractivity contribution in [2.75, 3.05) is 19.0 Å². The molecule has 0 bridgehead atoms. The summed E-state index contributed by atoms with van der Waals surface area (Å²) >= 11 is 0. The van der Waals surface area contributed by atoms with Crippen LogP contribution in [0.25, 0.3) is 0 Å².